The van der Waals surface area contributed by atoms with E-state index < -0.39 is 20.5 Å². The Labute approximate surface area is 92.4 Å². The number of sulfone groups is 1. The van der Waals surface area contributed by atoms with E-state index in [1.807, 2.05) is 0 Å². The molecule has 0 heterocycles. The maximum atomic E-state index is 11.6. The van der Waals surface area contributed by atoms with Gasteiger partial charge in [0.1, 0.15) is 0 Å². The minimum absolute atomic E-state index is 0.134. The van der Waals surface area contributed by atoms with E-state index >= 15 is 0 Å². The highest BCUT2D eigenvalue weighted by Crippen LogP contribution is 2.14. The first-order chi connectivity index (χ1) is 6.46. The van der Waals surface area contributed by atoms with Crippen LogP contribution in [-0.2, 0) is 14.6 Å². The van der Waals surface area contributed by atoms with Crippen LogP contribution in [-0.4, -0.2) is 31.9 Å². The molecule has 2 atom stereocenters. The standard InChI is InChI=1S/C10H21NO3S/c1-7(8(2)15(6,13)14)11-9(12)10(3,4)5/h7-8H,1-6H3,(H,11,12). The fourth-order valence-corrected chi connectivity index (χ4v) is 1.72. The zero-order valence-corrected chi connectivity index (χ0v) is 11.1. The van der Waals surface area contributed by atoms with Crippen molar-refractivity contribution in [3.8, 4) is 0 Å². The third kappa shape index (κ3) is 4.64. The van der Waals surface area contributed by atoms with Crippen molar-refractivity contribution in [2.24, 2.45) is 5.41 Å². The van der Waals surface area contributed by atoms with Gasteiger partial charge in [-0.05, 0) is 13.8 Å². The van der Waals surface area contributed by atoms with Crippen LogP contribution in [0.2, 0.25) is 0 Å². The van der Waals surface area contributed by atoms with Crippen LogP contribution in [0, 0.1) is 5.41 Å². The molecule has 0 rings (SSSR count). The molecule has 0 aromatic rings. The third-order valence-corrected chi connectivity index (χ3v) is 4.18. The Bertz CT molecular complexity index is 327. The predicted octanol–water partition coefficient (Wildman–Crippen LogP) is 0.970. The Morgan fingerprint density at radius 2 is 1.60 bits per heavy atom. The van der Waals surface area contributed by atoms with Crippen molar-refractivity contribution in [1.29, 1.82) is 0 Å². The normalized spacial score (nSPS) is 16.9. The first kappa shape index (κ1) is 14.4. The van der Waals surface area contributed by atoms with Crippen molar-refractivity contribution in [1.82, 2.24) is 5.32 Å². The lowest BCUT2D eigenvalue weighted by atomic mass is 9.95. The van der Waals surface area contributed by atoms with Gasteiger partial charge in [-0.25, -0.2) is 8.42 Å². The molecular weight excluding hydrogens is 214 g/mol. The Balaban J connectivity index is 4.53. The summed E-state index contributed by atoms with van der Waals surface area (Å²) in [7, 11) is -3.11. The number of hydrogen-bond acceptors (Lipinski definition) is 3. The molecule has 15 heavy (non-hydrogen) atoms. The van der Waals surface area contributed by atoms with Gasteiger partial charge in [0.25, 0.3) is 0 Å². The van der Waals surface area contributed by atoms with Crippen LogP contribution in [0.15, 0.2) is 0 Å². The summed E-state index contributed by atoms with van der Waals surface area (Å²) in [4.78, 5) is 11.6. The van der Waals surface area contributed by atoms with Crippen molar-refractivity contribution in [2.45, 2.75) is 45.9 Å². The van der Waals surface area contributed by atoms with E-state index in [-0.39, 0.29) is 11.9 Å². The van der Waals surface area contributed by atoms with Crippen molar-refractivity contribution in [3.63, 3.8) is 0 Å². The van der Waals surface area contributed by atoms with Gasteiger partial charge in [-0.3, -0.25) is 4.79 Å². The summed E-state index contributed by atoms with van der Waals surface area (Å²) < 4.78 is 22.5. The molecule has 90 valence electrons. The molecule has 0 aliphatic carbocycles. The lowest BCUT2D eigenvalue weighted by Gasteiger charge is -2.24. The van der Waals surface area contributed by atoms with E-state index in [9.17, 15) is 13.2 Å². The fourth-order valence-electron chi connectivity index (χ4n) is 0.911. The maximum absolute atomic E-state index is 11.6. The monoisotopic (exact) mass is 235 g/mol. The topological polar surface area (TPSA) is 63.2 Å². The van der Waals surface area contributed by atoms with Gasteiger partial charge in [-0.15, -0.1) is 0 Å². The zero-order valence-electron chi connectivity index (χ0n) is 10.3. The molecule has 0 aliphatic rings. The third-order valence-electron chi connectivity index (χ3n) is 2.42. The van der Waals surface area contributed by atoms with Gasteiger partial charge in [0, 0.05) is 17.7 Å². The number of carbonyl (C=O) groups excluding carboxylic acids is 1. The van der Waals surface area contributed by atoms with Gasteiger partial charge in [0.05, 0.1) is 5.25 Å². The molecule has 0 fully saturated rings. The molecule has 0 aromatic carbocycles. The molecule has 5 heteroatoms. The summed E-state index contributed by atoms with van der Waals surface area (Å²) in [6, 6.07) is -0.369. The van der Waals surface area contributed by atoms with Gasteiger partial charge < -0.3 is 5.32 Å². The maximum Gasteiger partial charge on any atom is 0.225 e. The van der Waals surface area contributed by atoms with Crippen LogP contribution < -0.4 is 5.32 Å². The molecule has 1 N–H and O–H groups in total. The van der Waals surface area contributed by atoms with Crippen LogP contribution in [0.5, 0.6) is 0 Å². The smallest absolute Gasteiger partial charge is 0.225 e. The molecule has 2 unspecified atom stereocenters. The zero-order chi connectivity index (χ0) is 12.4. The quantitative estimate of drug-likeness (QED) is 0.793. The molecule has 4 nitrogen and oxygen atoms in total. The molecule has 1 amide bonds. The summed E-state index contributed by atoms with van der Waals surface area (Å²) in [5, 5.41) is 2.14. The van der Waals surface area contributed by atoms with Gasteiger partial charge in [-0.2, -0.15) is 0 Å². The van der Waals surface area contributed by atoms with Crippen molar-refractivity contribution < 1.29 is 13.2 Å². The Hall–Kier alpha value is -0.580. The van der Waals surface area contributed by atoms with Gasteiger partial charge in [-0.1, -0.05) is 20.8 Å². The molecule has 0 radical (unpaired) electrons. The molecule has 0 saturated carbocycles. The number of nitrogens with one attached hydrogen (secondary N) is 1. The average Bonchev–Trinajstić information content (AvgIpc) is 1.99. The number of carbonyl (C=O) groups is 1. The minimum atomic E-state index is -3.11. The molecule has 0 bridgehead atoms. The SMILES string of the molecule is CC(NC(=O)C(C)(C)C)C(C)S(C)(=O)=O. The molecular formula is C10H21NO3S. The van der Waals surface area contributed by atoms with E-state index in [0.717, 1.165) is 0 Å². The fraction of sp³-hybridized carbons (Fsp3) is 0.900. The highest BCUT2D eigenvalue weighted by Gasteiger charge is 2.28. The second-order valence-electron chi connectivity index (χ2n) is 5.05. The summed E-state index contributed by atoms with van der Waals surface area (Å²) in [5.74, 6) is -0.134. The first-order valence-corrected chi connectivity index (χ1v) is 6.91. The predicted molar refractivity (Wildman–Crippen MR) is 61.4 cm³/mol. The van der Waals surface area contributed by atoms with E-state index in [4.69, 9.17) is 0 Å². The Kier molecular flexibility index (Phi) is 4.34. The number of rotatable bonds is 3. The van der Waals surface area contributed by atoms with Crippen molar-refractivity contribution in [2.75, 3.05) is 6.26 Å². The lowest BCUT2D eigenvalue weighted by Crippen LogP contribution is -2.47. The highest BCUT2D eigenvalue weighted by atomic mass is 32.2. The minimum Gasteiger partial charge on any atom is -0.352 e. The summed E-state index contributed by atoms with van der Waals surface area (Å²) in [6.07, 6.45) is 1.18. The Morgan fingerprint density at radius 3 is 1.87 bits per heavy atom. The second kappa shape index (κ2) is 4.51. The average molecular weight is 235 g/mol. The van der Waals surface area contributed by atoms with E-state index in [1.165, 1.54) is 6.26 Å². The number of hydrogen-bond donors (Lipinski definition) is 1. The molecule has 0 aliphatic heterocycles. The Morgan fingerprint density at radius 1 is 1.20 bits per heavy atom. The van der Waals surface area contributed by atoms with Crippen molar-refractivity contribution in [3.05, 3.63) is 0 Å². The van der Waals surface area contributed by atoms with E-state index in [1.54, 1.807) is 34.6 Å². The summed E-state index contributed by atoms with van der Waals surface area (Å²) in [5.41, 5.74) is -0.495. The lowest BCUT2D eigenvalue weighted by molar-refractivity contribution is -0.129. The van der Waals surface area contributed by atoms with Gasteiger partial charge >= 0.3 is 0 Å². The van der Waals surface area contributed by atoms with Crippen molar-refractivity contribution >= 4 is 15.7 Å². The largest absolute Gasteiger partial charge is 0.352 e. The van der Waals surface area contributed by atoms with Crippen LogP contribution in [0.25, 0.3) is 0 Å². The summed E-state index contributed by atoms with van der Waals surface area (Å²) in [6.45, 7) is 8.68. The van der Waals surface area contributed by atoms with Crippen LogP contribution in [0.4, 0.5) is 0 Å². The van der Waals surface area contributed by atoms with E-state index in [0.29, 0.717) is 0 Å². The second-order valence-corrected chi connectivity index (χ2v) is 7.45. The molecule has 0 spiro atoms. The molecule has 0 saturated heterocycles. The highest BCUT2D eigenvalue weighted by molar-refractivity contribution is 7.91. The molecule has 0 aromatic heterocycles. The van der Waals surface area contributed by atoms with Crippen LogP contribution in [0.1, 0.15) is 34.6 Å². The van der Waals surface area contributed by atoms with E-state index in [2.05, 4.69) is 5.32 Å². The first-order valence-electron chi connectivity index (χ1n) is 4.96. The number of amides is 1. The van der Waals surface area contributed by atoms with Crippen LogP contribution >= 0.6 is 0 Å². The summed E-state index contributed by atoms with van der Waals surface area (Å²) >= 11 is 0. The van der Waals surface area contributed by atoms with Crippen LogP contribution in [0.3, 0.4) is 0 Å². The van der Waals surface area contributed by atoms with Gasteiger partial charge in [0.15, 0.2) is 9.84 Å². The van der Waals surface area contributed by atoms with Gasteiger partial charge in [0.2, 0.25) is 5.91 Å².